The van der Waals surface area contributed by atoms with Gasteiger partial charge in [-0.05, 0) is 12.8 Å². The van der Waals surface area contributed by atoms with Crippen molar-refractivity contribution in [2.75, 3.05) is 20.8 Å². The highest BCUT2D eigenvalue weighted by Gasteiger charge is 2.66. The molecule has 2 aliphatic rings. The number of methoxy groups -OCH3 is 2. The van der Waals surface area contributed by atoms with E-state index in [-0.39, 0.29) is 19.4 Å². The number of fused-ring (bicyclic) bond motifs is 1. The van der Waals surface area contributed by atoms with Gasteiger partial charge in [-0.2, -0.15) is 13.2 Å². The SMILES string of the molecule is COC(=O)[C@@]12CCCN1C(=O)[C@@H](OC(=O)[C@](OC)(c1ccccc1)C(F)(F)F)C2. The summed E-state index contributed by atoms with van der Waals surface area (Å²) in [6.07, 6.45) is -6.14. The van der Waals surface area contributed by atoms with Gasteiger partial charge in [-0.25, -0.2) is 9.59 Å². The van der Waals surface area contributed by atoms with Crippen LogP contribution in [0.3, 0.4) is 0 Å². The highest BCUT2D eigenvalue weighted by molar-refractivity contribution is 5.96. The van der Waals surface area contributed by atoms with Crippen LogP contribution < -0.4 is 0 Å². The number of nitrogens with zero attached hydrogens (tertiary/aromatic N) is 1. The molecule has 2 heterocycles. The van der Waals surface area contributed by atoms with Crippen molar-refractivity contribution in [2.24, 2.45) is 0 Å². The van der Waals surface area contributed by atoms with Gasteiger partial charge in [-0.15, -0.1) is 0 Å². The molecule has 1 aromatic rings. The summed E-state index contributed by atoms with van der Waals surface area (Å²) >= 11 is 0. The molecule has 1 aromatic carbocycles. The molecule has 0 radical (unpaired) electrons. The molecule has 1 amide bonds. The van der Waals surface area contributed by atoms with Crippen LogP contribution in [0.15, 0.2) is 30.3 Å². The molecule has 2 aliphatic heterocycles. The number of hydrogen-bond acceptors (Lipinski definition) is 6. The summed E-state index contributed by atoms with van der Waals surface area (Å²) in [5, 5.41) is 0. The lowest BCUT2D eigenvalue weighted by Gasteiger charge is -2.33. The van der Waals surface area contributed by atoms with Crippen LogP contribution in [0, 0.1) is 0 Å². The number of ether oxygens (including phenoxy) is 3. The fourth-order valence-electron chi connectivity index (χ4n) is 4.16. The average molecular weight is 415 g/mol. The van der Waals surface area contributed by atoms with E-state index in [2.05, 4.69) is 4.74 Å². The molecule has 0 bridgehead atoms. The van der Waals surface area contributed by atoms with Crippen LogP contribution in [0.4, 0.5) is 13.2 Å². The molecule has 0 aliphatic carbocycles. The number of carbonyl (C=O) groups is 3. The lowest BCUT2D eigenvalue weighted by atomic mass is 9.91. The van der Waals surface area contributed by atoms with Crippen molar-refractivity contribution in [3.8, 4) is 0 Å². The number of carbonyl (C=O) groups excluding carboxylic acids is 3. The highest BCUT2D eigenvalue weighted by Crippen LogP contribution is 2.46. The Labute approximate surface area is 164 Å². The maximum Gasteiger partial charge on any atom is 0.432 e. The number of hydrogen-bond donors (Lipinski definition) is 0. The van der Waals surface area contributed by atoms with Crippen molar-refractivity contribution in [1.29, 1.82) is 0 Å². The summed E-state index contributed by atoms with van der Waals surface area (Å²) < 4.78 is 56.4. The monoisotopic (exact) mass is 415 g/mol. The van der Waals surface area contributed by atoms with E-state index in [1.807, 2.05) is 0 Å². The first kappa shape index (κ1) is 21.1. The first-order chi connectivity index (χ1) is 13.6. The third-order valence-electron chi connectivity index (χ3n) is 5.54. The molecule has 0 saturated carbocycles. The summed E-state index contributed by atoms with van der Waals surface area (Å²) in [6, 6.07) is 6.31. The van der Waals surface area contributed by atoms with E-state index in [0.717, 1.165) is 26.4 Å². The lowest BCUT2D eigenvalue weighted by Crippen LogP contribution is -2.53. The zero-order valence-electron chi connectivity index (χ0n) is 15.8. The first-order valence-corrected chi connectivity index (χ1v) is 8.92. The third kappa shape index (κ3) is 3.06. The Morgan fingerprint density at radius 2 is 1.83 bits per heavy atom. The molecule has 10 heteroatoms. The fourth-order valence-corrected chi connectivity index (χ4v) is 4.16. The molecule has 0 aromatic heterocycles. The number of halogens is 3. The summed E-state index contributed by atoms with van der Waals surface area (Å²) in [6.45, 7) is 0.232. The minimum atomic E-state index is -5.15. The molecule has 2 fully saturated rings. The van der Waals surface area contributed by atoms with E-state index in [1.54, 1.807) is 0 Å². The van der Waals surface area contributed by atoms with Crippen LogP contribution in [0.1, 0.15) is 24.8 Å². The van der Waals surface area contributed by atoms with Crippen molar-refractivity contribution in [2.45, 2.75) is 42.7 Å². The van der Waals surface area contributed by atoms with Gasteiger partial charge in [-0.1, -0.05) is 30.3 Å². The molecule has 3 atom stereocenters. The van der Waals surface area contributed by atoms with Gasteiger partial charge in [0.05, 0.1) is 7.11 Å². The third-order valence-corrected chi connectivity index (χ3v) is 5.54. The lowest BCUT2D eigenvalue weighted by molar-refractivity contribution is -0.277. The van der Waals surface area contributed by atoms with Gasteiger partial charge < -0.3 is 19.1 Å². The summed E-state index contributed by atoms with van der Waals surface area (Å²) in [5.74, 6) is -3.17. The minimum absolute atomic E-state index is 0.232. The Bertz CT molecular complexity index is 814. The van der Waals surface area contributed by atoms with E-state index in [4.69, 9.17) is 9.47 Å². The molecular formula is C19H20F3NO6. The normalized spacial score (nSPS) is 26.0. The second-order valence-corrected chi connectivity index (χ2v) is 6.96. The van der Waals surface area contributed by atoms with Crippen LogP contribution in [-0.4, -0.2) is 61.3 Å². The van der Waals surface area contributed by atoms with Gasteiger partial charge in [-0.3, -0.25) is 4.79 Å². The van der Waals surface area contributed by atoms with Crippen molar-refractivity contribution in [1.82, 2.24) is 4.90 Å². The Hall–Kier alpha value is -2.62. The van der Waals surface area contributed by atoms with Gasteiger partial charge in [0.1, 0.15) is 5.54 Å². The smallest absolute Gasteiger partial charge is 0.432 e. The van der Waals surface area contributed by atoms with Crippen LogP contribution >= 0.6 is 0 Å². The van der Waals surface area contributed by atoms with Crippen molar-refractivity contribution < 1.29 is 41.8 Å². The van der Waals surface area contributed by atoms with Crippen molar-refractivity contribution in [3.05, 3.63) is 35.9 Å². The Balaban J connectivity index is 1.94. The topological polar surface area (TPSA) is 82.1 Å². The van der Waals surface area contributed by atoms with Crippen molar-refractivity contribution >= 4 is 17.8 Å². The molecule has 29 heavy (non-hydrogen) atoms. The number of rotatable bonds is 5. The maximum absolute atomic E-state index is 14.0. The molecule has 0 spiro atoms. The number of benzene rings is 1. The van der Waals surface area contributed by atoms with E-state index in [0.29, 0.717) is 6.42 Å². The van der Waals surface area contributed by atoms with Gasteiger partial charge in [0.25, 0.3) is 11.5 Å². The quantitative estimate of drug-likeness (QED) is 0.684. The first-order valence-electron chi connectivity index (χ1n) is 8.92. The number of amides is 1. The van der Waals surface area contributed by atoms with E-state index < -0.39 is 46.8 Å². The van der Waals surface area contributed by atoms with E-state index >= 15 is 0 Å². The summed E-state index contributed by atoms with van der Waals surface area (Å²) in [5.41, 5.74) is -5.20. The van der Waals surface area contributed by atoms with Gasteiger partial charge in [0, 0.05) is 25.6 Å². The molecule has 158 valence electrons. The molecule has 3 rings (SSSR count). The minimum Gasteiger partial charge on any atom is -0.467 e. The van der Waals surface area contributed by atoms with E-state index in [1.165, 1.54) is 23.1 Å². The van der Waals surface area contributed by atoms with E-state index in [9.17, 15) is 27.6 Å². The predicted molar refractivity (Wildman–Crippen MR) is 91.4 cm³/mol. The Kier molecular flexibility index (Phi) is 5.33. The zero-order chi connectivity index (χ0) is 21.4. The van der Waals surface area contributed by atoms with Gasteiger partial charge in [0.2, 0.25) is 0 Å². The maximum atomic E-state index is 14.0. The van der Waals surface area contributed by atoms with Crippen LogP contribution in [0.2, 0.25) is 0 Å². The number of alkyl halides is 3. The molecular weight excluding hydrogens is 395 g/mol. The molecule has 0 N–H and O–H groups in total. The molecule has 7 nitrogen and oxygen atoms in total. The van der Waals surface area contributed by atoms with Crippen LogP contribution in [0.5, 0.6) is 0 Å². The van der Waals surface area contributed by atoms with Gasteiger partial charge >= 0.3 is 18.1 Å². The highest BCUT2D eigenvalue weighted by atomic mass is 19.4. The summed E-state index contributed by atoms with van der Waals surface area (Å²) in [7, 11) is 1.90. The fraction of sp³-hybridized carbons (Fsp3) is 0.526. The largest absolute Gasteiger partial charge is 0.467 e. The number of esters is 2. The zero-order valence-corrected chi connectivity index (χ0v) is 15.8. The standard InChI is InChI=1S/C19H20F3NO6/c1-27-15(25)17-9-6-10-23(17)14(24)13(11-17)29-16(26)18(28-2,19(20,21)22)12-7-4-3-5-8-12/h3-5,7-8,13H,6,9-11H2,1-2H3/t13-,17-,18+/m0/s1. The second kappa shape index (κ2) is 7.33. The average Bonchev–Trinajstić information content (AvgIpc) is 3.21. The second-order valence-electron chi connectivity index (χ2n) is 6.96. The molecule has 2 saturated heterocycles. The molecule has 0 unspecified atom stereocenters. The Morgan fingerprint density at radius 1 is 1.17 bits per heavy atom. The Morgan fingerprint density at radius 3 is 2.38 bits per heavy atom. The van der Waals surface area contributed by atoms with Crippen LogP contribution in [0.25, 0.3) is 0 Å². The van der Waals surface area contributed by atoms with Crippen LogP contribution in [-0.2, 0) is 34.2 Å². The van der Waals surface area contributed by atoms with Gasteiger partial charge in [0.15, 0.2) is 6.10 Å². The summed E-state index contributed by atoms with van der Waals surface area (Å²) in [4.78, 5) is 38.9. The van der Waals surface area contributed by atoms with Crippen molar-refractivity contribution in [3.63, 3.8) is 0 Å². The predicted octanol–water partition coefficient (Wildman–Crippen LogP) is 1.94.